The van der Waals surface area contributed by atoms with Crippen LogP contribution < -0.4 is 15.4 Å². The van der Waals surface area contributed by atoms with Gasteiger partial charge in [0.05, 0.1) is 13.7 Å². The lowest BCUT2D eigenvalue weighted by Crippen LogP contribution is -2.37. The quantitative estimate of drug-likeness (QED) is 0.745. The Bertz CT molecular complexity index is 673. The SMILES string of the molecule is COc1ccc(C(C)C(C)NCC(=O)Nc2cccc(Br)c2)cc1. The van der Waals surface area contributed by atoms with Gasteiger partial charge in [0.2, 0.25) is 5.91 Å². The summed E-state index contributed by atoms with van der Waals surface area (Å²) in [4.78, 5) is 12.1. The van der Waals surface area contributed by atoms with E-state index in [0.717, 1.165) is 15.9 Å². The first-order chi connectivity index (χ1) is 11.5. The third kappa shape index (κ3) is 5.35. The highest BCUT2D eigenvalue weighted by Gasteiger charge is 2.15. The summed E-state index contributed by atoms with van der Waals surface area (Å²) >= 11 is 3.39. The second-order valence-electron chi connectivity index (χ2n) is 5.79. The molecule has 2 aromatic rings. The van der Waals surface area contributed by atoms with Crippen LogP contribution in [0.25, 0.3) is 0 Å². The minimum Gasteiger partial charge on any atom is -0.497 e. The molecule has 5 heteroatoms. The van der Waals surface area contributed by atoms with Gasteiger partial charge in [0.1, 0.15) is 5.75 Å². The van der Waals surface area contributed by atoms with Crippen molar-refractivity contribution in [2.45, 2.75) is 25.8 Å². The molecule has 0 heterocycles. The number of hydrogen-bond acceptors (Lipinski definition) is 3. The van der Waals surface area contributed by atoms with Crippen LogP contribution in [0.1, 0.15) is 25.3 Å². The van der Waals surface area contributed by atoms with Gasteiger partial charge in [-0.25, -0.2) is 0 Å². The number of anilines is 1. The standard InChI is InChI=1S/C19H23BrN2O2/c1-13(15-7-9-18(24-3)10-8-15)14(2)21-12-19(23)22-17-6-4-5-16(20)11-17/h4-11,13-14,21H,12H2,1-3H3,(H,22,23). The highest BCUT2D eigenvalue weighted by atomic mass is 79.9. The molecule has 0 aliphatic rings. The molecule has 0 saturated heterocycles. The number of carbonyl (C=O) groups is 1. The van der Waals surface area contributed by atoms with Crippen molar-refractivity contribution in [1.29, 1.82) is 0 Å². The first-order valence-corrected chi connectivity index (χ1v) is 8.71. The monoisotopic (exact) mass is 390 g/mol. The molecule has 0 aliphatic heterocycles. The predicted molar refractivity (Wildman–Crippen MR) is 102 cm³/mol. The fourth-order valence-corrected chi connectivity index (χ4v) is 2.80. The third-order valence-electron chi connectivity index (χ3n) is 4.08. The van der Waals surface area contributed by atoms with Crippen LogP contribution in [0.15, 0.2) is 53.0 Å². The molecule has 4 nitrogen and oxygen atoms in total. The summed E-state index contributed by atoms with van der Waals surface area (Å²) in [7, 11) is 1.66. The maximum atomic E-state index is 12.1. The van der Waals surface area contributed by atoms with Gasteiger partial charge in [-0.05, 0) is 48.7 Å². The number of amides is 1. The highest BCUT2D eigenvalue weighted by molar-refractivity contribution is 9.10. The van der Waals surface area contributed by atoms with E-state index in [1.807, 2.05) is 36.4 Å². The summed E-state index contributed by atoms with van der Waals surface area (Å²) in [6.45, 7) is 4.50. The van der Waals surface area contributed by atoms with Gasteiger partial charge in [0, 0.05) is 16.2 Å². The molecule has 0 bridgehead atoms. The summed E-state index contributed by atoms with van der Waals surface area (Å²) in [5.41, 5.74) is 2.00. The van der Waals surface area contributed by atoms with Crippen molar-refractivity contribution in [3.05, 3.63) is 58.6 Å². The number of benzene rings is 2. The van der Waals surface area contributed by atoms with Crippen LogP contribution >= 0.6 is 15.9 Å². The van der Waals surface area contributed by atoms with Gasteiger partial charge >= 0.3 is 0 Å². The maximum Gasteiger partial charge on any atom is 0.238 e. The molecule has 0 aliphatic carbocycles. The molecule has 2 rings (SSSR count). The van der Waals surface area contributed by atoms with Crippen molar-refractivity contribution in [3.8, 4) is 5.75 Å². The number of methoxy groups -OCH3 is 1. The Morgan fingerprint density at radius 1 is 1.17 bits per heavy atom. The second kappa shape index (κ2) is 8.85. The largest absolute Gasteiger partial charge is 0.497 e. The van der Waals surface area contributed by atoms with Crippen molar-refractivity contribution in [2.75, 3.05) is 19.0 Å². The number of hydrogen-bond donors (Lipinski definition) is 2. The van der Waals surface area contributed by atoms with E-state index in [2.05, 4.69) is 52.5 Å². The van der Waals surface area contributed by atoms with Crippen molar-refractivity contribution in [2.24, 2.45) is 0 Å². The lowest BCUT2D eigenvalue weighted by Gasteiger charge is -2.22. The molecule has 2 N–H and O–H groups in total. The molecule has 1 amide bonds. The number of halogens is 1. The van der Waals surface area contributed by atoms with Gasteiger partial charge in [0.15, 0.2) is 0 Å². The van der Waals surface area contributed by atoms with Gasteiger partial charge in [-0.15, -0.1) is 0 Å². The van der Waals surface area contributed by atoms with Crippen LogP contribution in [0.5, 0.6) is 5.75 Å². The van der Waals surface area contributed by atoms with E-state index in [0.29, 0.717) is 0 Å². The molecule has 2 unspecified atom stereocenters. The molecule has 2 aromatic carbocycles. The Kier molecular flexibility index (Phi) is 6.82. The molecule has 128 valence electrons. The molecule has 0 spiro atoms. The average Bonchev–Trinajstić information content (AvgIpc) is 2.59. The molecular formula is C19H23BrN2O2. The Labute approximate surface area is 151 Å². The highest BCUT2D eigenvalue weighted by Crippen LogP contribution is 2.22. The smallest absolute Gasteiger partial charge is 0.238 e. The molecular weight excluding hydrogens is 368 g/mol. The Morgan fingerprint density at radius 2 is 1.88 bits per heavy atom. The summed E-state index contributed by atoms with van der Waals surface area (Å²) in [5, 5.41) is 6.17. The van der Waals surface area contributed by atoms with E-state index in [1.165, 1.54) is 5.56 Å². The fraction of sp³-hybridized carbons (Fsp3) is 0.316. The topological polar surface area (TPSA) is 50.4 Å². The average molecular weight is 391 g/mol. The predicted octanol–water partition coefficient (Wildman–Crippen LogP) is 4.18. The van der Waals surface area contributed by atoms with Crippen molar-refractivity contribution >= 4 is 27.5 Å². The summed E-state index contributed by atoms with van der Waals surface area (Å²) < 4.78 is 6.12. The zero-order valence-corrected chi connectivity index (χ0v) is 15.8. The molecule has 0 aromatic heterocycles. The van der Waals surface area contributed by atoms with Gasteiger partial charge in [-0.2, -0.15) is 0 Å². The van der Waals surface area contributed by atoms with Crippen LogP contribution in [0.3, 0.4) is 0 Å². The van der Waals surface area contributed by atoms with E-state index in [1.54, 1.807) is 7.11 Å². The van der Waals surface area contributed by atoms with Crippen molar-refractivity contribution in [3.63, 3.8) is 0 Å². The summed E-state index contributed by atoms with van der Waals surface area (Å²) in [6, 6.07) is 15.8. The number of rotatable bonds is 7. The minimum absolute atomic E-state index is 0.0538. The first-order valence-electron chi connectivity index (χ1n) is 7.92. The van der Waals surface area contributed by atoms with E-state index in [9.17, 15) is 4.79 Å². The van der Waals surface area contributed by atoms with E-state index in [-0.39, 0.29) is 24.4 Å². The number of ether oxygens (including phenoxy) is 1. The van der Waals surface area contributed by atoms with Gasteiger partial charge in [-0.1, -0.05) is 41.1 Å². The third-order valence-corrected chi connectivity index (χ3v) is 4.58. The van der Waals surface area contributed by atoms with Crippen LogP contribution in [0.2, 0.25) is 0 Å². The summed E-state index contributed by atoms with van der Waals surface area (Å²) in [6.07, 6.45) is 0. The Morgan fingerprint density at radius 3 is 2.50 bits per heavy atom. The molecule has 0 radical (unpaired) electrons. The maximum absolute atomic E-state index is 12.1. The van der Waals surface area contributed by atoms with Crippen LogP contribution in [-0.4, -0.2) is 25.6 Å². The zero-order chi connectivity index (χ0) is 17.5. The molecule has 0 fully saturated rings. The van der Waals surface area contributed by atoms with Crippen LogP contribution in [0.4, 0.5) is 5.69 Å². The lowest BCUT2D eigenvalue weighted by atomic mass is 9.94. The van der Waals surface area contributed by atoms with Gasteiger partial charge < -0.3 is 15.4 Å². The first kappa shape index (κ1) is 18.5. The second-order valence-corrected chi connectivity index (χ2v) is 6.71. The summed E-state index contributed by atoms with van der Waals surface area (Å²) in [5.74, 6) is 1.08. The molecule has 24 heavy (non-hydrogen) atoms. The Hall–Kier alpha value is -1.85. The van der Waals surface area contributed by atoms with Crippen LogP contribution in [-0.2, 0) is 4.79 Å². The lowest BCUT2D eigenvalue weighted by molar-refractivity contribution is -0.115. The van der Waals surface area contributed by atoms with Crippen molar-refractivity contribution < 1.29 is 9.53 Å². The normalized spacial score (nSPS) is 13.2. The van der Waals surface area contributed by atoms with E-state index < -0.39 is 0 Å². The minimum atomic E-state index is -0.0538. The van der Waals surface area contributed by atoms with E-state index in [4.69, 9.17) is 4.74 Å². The van der Waals surface area contributed by atoms with Crippen LogP contribution in [0, 0.1) is 0 Å². The van der Waals surface area contributed by atoms with Gasteiger partial charge in [0.25, 0.3) is 0 Å². The zero-order valence-electron chi connectivity index (χ0n) is 14.2. The fourth-order valence-electron chi connectivity index (χ4n) is 2.40. The number of nitrogens with one attached hydrogen (secondary N) is 2. The van der Waals surface area contributed by atoms with E-state index >= 15 is 0 Å². The van der Waals surface area contributed by atoms with Crippen molar-refractivity contribution in [1.82, 2.24) is 5.32 Å². The van der Waals surface area contributed by atoms with Gasteiger partial charge in [-0.3, -0.25) is 4.79 Å². The number of carbonyl (C=O) groups excluding carboxylic acids is 1. The molecule has 2 atom stereocenters. The molecule has 0 saturated carbocycles. The Balaban J connectivity index is 1.84.